The Kier molecular flexibility index (Phi) is 4.90. The van der Waals surface area contributed by atoms with Gasteiger partial charge in [0.2, 0.25) is 0 Å². The van der Waals surface area contributed by atoms with Crippen molar-refractivity contribution < 1.29 is 14.0 Å². The summed E-state index contributed by atoms with van der Waals surface area (Å²) in [6, 6.07) is 17.7. The molecule has 4 heteroatoms. The highest BCUT2D eigenvalue weighted by atomic mass is 16.3. The quantitative estimate of drug-likeness (QED) is 0.543. The summed E-state index contributed by atoms with van der Waals surface area (Å²) in [5, 5.41) is 2.82. The first-order valence-electron chi connectivity index (χ1n) is 7.86. The number of allylic oxidation sites excluding steroid dienone is 1. The van der Waals surface area contributed by atoms with Gasteiger partial charge in [-0.15, -0.1) is 0 Å². The second-order valence-electron chi connectivity index (χ2n) is 5.61. The molecule has 1 aromatic heterocycles. The van der Waals surface area contributed by atoms with Crippen molar-refractivity contribution in [1.29, 1.82) is 0 Å². The average molecular weight is 331 g/mol. The summed E-state index contributed by atoms with van der Waals surface area (Å²) >= 11 is 0. The number of furan rings is 1. The van der Waals surface area contributed by atoms with Crippen LogP contribution in [-0.4, -0.2) is 11.7 Å². The molecule has 0 bridgehead atoms. The number of benzene rings is 2. The minimum atomic E-state index is -0.180. The number of rotatable bonds is 5. The second-order valence-corrected chi connectivity index (χ2v) is 5.61. The van der Waals surface area contributed by atoms with Gasteiger partial charge in [0.1, 0.15) is 5.76 Å². The van der Waals surface area contributed by atoms with E-state index >= 15 is 0 Å². The molecule has 0 radical (unpaired) electrons. The molecule has 3 rings (SSSR count). The number of hydrogen-bond acceptors (Lipinski definition) is 3. The summed E-state index contributed by atoms with van der Waals surface area (Å²) in [6.07, 6.45) is 4.63. The summed E-state index contributed by atoms with van der Waals surface area (Å²) in [4.78, 5) is 24.3. The lowest BCUT2D eigenvalue weighted by Gasteiger charge is -2.06. The third-order valence-electron chi connectivity index (χ3n) is 3.65. The molecule has 0 saturated carbocycles. The Balaban J connectivity index is 1.65. The van der Waals surface area contributed by atoms with Crippen molar-refractivity contribution in [1.82, 2.24) is 0 Å². The summed E-state index contributed by atoms with van der Waals surface area (Å²) in [6.45, 7) is 1.94. The first-order chi connectivity index (χ1) is 12.1. The van der Waals surface area contributed by atoms with Gasteiger partial charge < -0.3 is 9.73 Å². The van der Waals surface area contributed by atoms with E-state index in [0.717, 1.165) is 5.56 Å². The largest absolute Gasteiger partial charge is 0.465 e. The number of amides is 1. The van der Waals surface area contributed by atoms with E-state index in [2.05, 4.69) is 5.32 Å². The van der Waals surface area contributed by atoms with E-state index in [-0.39, 0.29) is 11.7 Å². The van der Waals surface area contributed by atoms with E-state index in [1.54, 1.807) is 54.8 Å². The Labute approximate surface area is 145 Å². The molecule has 0 aliphatic rings. The molecule has 0 spiro atoms. The van der Waals surface area contributed by atoms with Crippen LogP contribution in [0.1, 0.15) is 32.0 Å². The van der Waals surface area contributed by atoms with Gasteiger partial charge in [-0.05, 0) is 67.6 Å². The first kappa shape index (κ1) is 16.5. The fraction of sp³-hybridized carbons (Fsp3) is 0.0476. The van der Waals surface area contributed by atoms with Crippen LogP contribution >= 0.6 is 0 Å². The highest BCUT2D eigenvalue weighted by Crippen LogP contribution is 2.13. The van der Waals surface area contributed by atoms with Gasteiger partial charge in [-0.1, -0.05) is 17.7 Å². The highest BCUT2D eigenvalue weighted by Gasteiger charge is 2.07. The van der Waals surface area contributed by atoms with Gasteiger partial charge in [0, 0.05) is 16.8 Å². The van der Waals surface area contributed by atoms with Crippen LogP contribution in [0.25, 0.3) is 6.08 Å². The van der Waals surface area contributed by atoms with E-state index in [4.69, 9.17) is 4.42 Å². The molecule has 0 fully saturated rings. The van der Waals surface area contributed by atoms with Crippen molar-refractivity contribution in [2.45, 2.75) is 6.92 Å². The van der Waals surface area contributed by atoms with Crippen molar-refractivity contribution in [3.05, 3.63) is 95.5 Å². The SMILES string of the molecule is Cc1cccc(C(=O)Nc2ccc(C(=O)C=Cc3ccco3)cc2)c1. The van der Waals surface area contributed by atoms with Gasteiger partial charge in [0.05, 0.1) is 6.26 Å². The number of nitrogens with one attached hydrogen (secondary N) is 1. The van der Waals surface area contributed by atoms with Crippen LogP contribution in [0, 0.1) is 6.92 Å². The number of hydrogen-bond donors (Lipinski definition) is 1. The topological polar surface area (TPSA) is 59.3 Å². The van der Waals surface area contributed by atoms with Crippen LogP contribution in [-0.2, 0) is 0 Å². The number of carbonyl (C=O) groups is 2. The Hall–Kier alpha value is -3.40. The molecule has 0 aliphatic carbocycles. The molecule has 124 valence electrons. The third-order valence-corrected chi connectivity index (χ3v) is 3.65. The minimum Gasteiger partial charge on any atom is -0.465 e. The average Bonchev–Trinajstić information content (AvgIpc) is 3.14. The van der Waals surface area contributed by atoms with E-state index in [0.29, 0.717) is 22.6 Å². The van der Waals surface area contributed by atoms with Crippen molar-refractivity contribution in [2.24, 2.45) is 0 Å². The van der Waals surface area contributed by atoms with Crippen LogP contribution in [0.2, 0.25) is 0 Å². The van der Waals surface area contributed by atoms with Crippen LogP contribution in [0.4, 0.5) is 5.69 Å². The fourth-order valence-electron chi connectivity index (χ4n) is 2.35. The first-order valence-corrected chi connectivity index (χ1v) is 7.86. The van der Waals surface area contributed by atoms with Crippen LogP contribution in [0.15, 0.2) is 77.4 Å². The number of anilines is 1. The maximum Gasteiger partial charge on any atom is 0.255 e. The Morgan fingerprint density at radius 2 is 1.76 bits per heavy atom. The lowest BCUT2D eigenvalue weighted by Crippen LogP contribution is -2.12. The zero-order valence-corrected chi connectivity index (χ0v) is 13.7. The Bertz CT molecular complexity index is 907. The van der Waals surface area contributed by atoms with Gasteiger partial charge in [0.25, 0.3) is 5.91 Å². The standard InChI is InChI=1S/C21H17NO3/c1-15-4-2-5-17(14-15)21(24)22-18-9-7-16(8-10-18)20(23)12-11-19-6-3-13-25-19/h2-14H,1H3,(H,22,24). The molecule has 0 unspecified atom stereocenters. The summed E-state index contributed by atoms with van der Waals surface area (Å²) < 4.78 is 5.15. The van der Waals surface area contributed by atoms with E-state index in [1.807, 2.05) is 25.1 Å². The molecule has 1 heterocycles. The van der Waals surface area contributed by atoms with E-state index in [9.17, 15) is 9.59 Å². The summed E-state index contributed by atoms with van der Waals surface area (Å²) in [7, 11) is 0. The lowest BCUT2D eigenvalue weighted by atomic mass is 10.1. The molecule has 1 N–H and O–H groups in total. The van der Waals surface area contributed by atoms with Crippen molar-refractivity contribution >= 4 is 23.5 Å². The lowest BCUT2D eigenvalue weighted by molar-refractivity contribution is 0.102. The van der Waals surface area contributed by atoms with Crippen molar-refractivity contribution in [2.75, 3.05) is 5.32 Å². The number of aryl methyl sites for hydroxylation is 1. The van der Waals surface area contributed by atoms with Crippen LogP contribution in [0.5, 0.6) is 0 Å². The smallest absolute Gasteiger partial charge is 0.255 e. The number of ketones is 1. The molecule has 3 aromatic rings. The third kappa shape index (κ3) is 4.32. The predicted octanol–water partition coefficient (Wildman–Crippen LogP) is 4.74. The molecule has 4 nitrogen and oxygen atoms in total. The predicted molar refractivity (Wildman–Crippen MR) is 97.6 cm³/mol. The zero-order valence-electron chi connectivity index (χ0n) is 13.7. The Morgan fingerprint density at radius 1 is 0.960 bits per heavy atom. The summed E-state index contributed by atoms with van der Waals surface area (Å²) in [5.41, 5.74) is 2.80. The number of carbonyl (C=O) groups excluding carboxylic acids is 2. The zero-order chi connectivity index (χ0) is 17.6. The normalized spacial score (nSPS) is 10.8. The highest BCUT2D eigenvalue weighted by molar-refractivity contribution is 6.07. The molecule has 1 amide bonds. The monoisotopic (exact) mass is 331 g/mol. The van der Waals surface area contributed by atoms with Crippen molar-refractivity contribution in [3.8, 4) is 0 Å². The summed E-state index contributed by atoms with van der Waals surface area (Å²) in [5.74, 6) is 0.309. The molecule has 25 heavy (non-hydrogen) atoms. The molecule has 0 saturated heterocycles. The van der Waals surface area contributed by atoms with Crippen LogP contribution < -0.4 is 5.32 Å². The van der Waals surface area contributed by atoms with Crippen LogP contribution in [0.3, 0.4) is 0 Å². The molecule has 2 aromatic carbocycles. The van der Waals surface area contributed by atoms with Gasteiger partial charge in [-0.25, -0.2) is 0 Å². The molecule has 0 aliphatic heterocycles. The van der Waals surface area contributed by atoms with Gasteiger partial charge >= 0.3 is 0 Å². The molecular formula is C21H17NO3. The maximum atomic E-state index is 12.2. The van der Waals surface area contributed by atoms with Gasteiger partial charge in [-0.2, -0.15) is 0 Å². The van der Waals surface area contributed by atoms with E-state index < -0.39 is 0 Å². The van der Waals surface area contributed by atoms with Crippen molar-refractivity contribution in [3.63, 3.8) is 0 Å². The molecule has 0 atom stereocenters. The van der Waals surface area contributed by atoms with Gasteiger partial charge in [0.15, 0.2) is 5.78 Å². The van der Waals surface area contributed by atoms with Gasteiger partial charge in [-0.3, -0.25) is 9.59 Å². The minimum absolute atomic E-state index is 0.132. The second kappa shape index (κ2) is 7.45. The Morgan fingerprint density at radius 3 is 2.44 bits per heavy atom. The molecular weight excluding hydrogens is 314 g/mol. The fourth-order valence-corrected chi connectivity index (χ4v) is 2.35. The maximum absolute atomic E-state index is 12.2. The van der Waals surface area contributed by atoms with E-state index in [1.165, 1.54) is 6.08 Å².